The maximum Gasteiger partial charge on any atom is 0.317 e. The second-order valence-corrected chi connectivity index (χ2v) is 7.77. The number of hydrogen-bond donors (Lipinski definition) is 1. The molecule has 2 saturated heterocycles. The summed E-state index contributed by atoms with van der Waals surface area (Å²) < 4.78 is 0. The van der Waals surface area contributed by atoms with Crippen LogP contribution in [-0.2, 0) is 4.79 Å². The summed E-state index contributed by atoms with van der Waals surface area (Å²) in [6, 6.07) is 6.93. The number of amides is 3. The number of hydrogen-bond acceptors (Lipinski definition) is 2. The largest absolute Gasteiger partial charge is 0.342 e. The van der Waals surface area contributed by atoms with Gasteiger partial charge in [-0.05, 0) is 55.7 Å². The number of rotatable bonds is 3. The van der Waals surface area contributed by atoms with E-state index >= 15 is 0 Å². The molecule has 1 aromatic carbocycles. The molecule has 25 heavy (non-hydrogen) atoms. The van der Waals surface area contributed by atoms with Gasteiger partial charge < -0.3 is 15.1 Å². The summed E-state index contributed by atoms with van der Waals surface area (Å²) in [6.07, 6.45) is 2.79. The first-order chi connectivity index (χ1) is 12.0. The molecule has 2 heterocycles. The fourth-order valence-corrected chi connectivity index (χ4v) is 4.30. The summed E-state index contributed by atoms with van der Waals surface area (Å²) in [7, 11) is 0. The van der Waals surface area contributed by atoms with Gasteiger partial charge in [-0.3, -0.25) is 4.79 Å². The SMILES string of the molecule is Cc1ccc([C@H]2C[C@@H]2C(=O)N2CCC(N3CCNC3=O)CC2)cc1C. The Hall–Kier alpha value is -2.04. The summed E-state index contributed by atoms with van der Waals surface area (Å²) in [4.78, 5) is 28.6. The number of aryl methyl sites for hydroxylation is 2. The van der Waals surface area contributed by atoms with Gasteiger partial charge in [0, 0.05) is 38.1 Å². The Morgan fingerprint density at radius 2 is 1.88 bits per heavy atom. The molecule has 5 nitrogen and oxygen atoms in total. The Bertz CT molecular complexity index is 694. The zero-order valence-corrected chi connectivity index (χ0v) is 15.1. The normalized spacial score (nSPS) is 26.7. The molecule has 5 heteroatoms. The van der Waals surface area contributed by atoms with Crippen LogP contribution in [-0.4, -0.2) is 54.0 Å². The molecule has 3 amide bonds. The second kappa shape index (κ2) is 6.36. The molecule has 1 aliphatic carbocycles. The minimum absolute atomic E-state index is 0.0572. The summed E-state index contributed by atoms with van der Waals surface area (Å²) in [6.45, 7) is 7.37. The van der Waals surface area contributed by atoms with E-state index in [1.165, 1.54) is 16.7 Å². The predicted octanol–water partition coefficient (Wildman–Crippen LogP) is 2.42. The summed E-state index contributed by atoms with van der Waals surface area (Å²) in [5.74, 6) is 0.871. The van der Waals surface area contributed by atoms with Crippen LogP contribution < -0.4 is 5.32 Å². The van der Waals surface area contributed by atoms with E-state index in [-0.39, 0.29) is 11.9 Å². The van der Waals surface area contributed by atoms with E-state index in [1.54, 1.807) is 0 Å². The van der Waals surface area contributed by atoms with E-state index in [4.69, 9.17) is 0 Å². The number of likely N-dealkylation sites (tertiary alicyclic amines) is 1. The lowest BCUT2D eigenvalue weighted by molar-refractivity contribution is -0.134. The van der Waals surface area contributed by atoms with Gasteiger partial charge in [0.1, 0.15) is 0 Å². The Morgan fingerprint density at radius 1 is 1.12 bits per heavy atom. The van der Waals surface area contributed by atoms with E-state index in [0.717, 1.165) is 45.4 Å². The minimum Gasteiger partial charge on any atom is -0.342 e. The van der Waals surface area contributed by atoms with Gasteiger partial charge in [0.15, 0.2) is 0 Å². The van der Waals surface area contributed by atoms with Crippen LogP contribution in [0.15, 0.2) is 18.2 Å². The lowest BCUT2D eigenvalue weighted by atomic mass is 10.0. The first-order valence-electron chi connectivity index (χ1n) is 9.45. The van der Waals surface area contributed by atoms with Crippen LogP contribution >= 0.6 is 0 Å². The van der Waals surface area contributed by atoms with E-state index in [0.29, 0.717) is 17.9 Å². The molecule has 0 unspecified atom stereocenters. The molecule has 4 rings (SSSR count). The quantitative estimate of drug-likeness (QED) is 0.918. The number of nitrogens with one attached hydrogen (secondary N) is 1. The molecule has 0 aromatic heterocycles. The first-order valence-corrected chi connectivity index (χ1v) is 9.45. The number of nitrogens with zero attached hydrogens (tertiary/aromatic N) is 2. The summed E-state index contributed by atoms with van der Waals surface area (Å²) in [5, 5.41) is 2.87. The van der Waals surface area contributed by atoms with Crippen molar-refractivity contribution in [1.29, 1.82) is 0 Å². The van der Waals surface area contributed by atoms with Crippen molar-refractivity contribution < 1.29 is 9.59 Å². The van der Waals surface area contributed by atoms with Crippen LogP contribution in [0.25, 0.3) is 0 Å². The van der Waals surface area contributed by atoms with Gasteiger partial charge in [0.05, 0.1) is 0 Å². The molecule has 0 bridgehead atoms. The van der Waals surface area contributed by atoms with E-state index in [9.17, 15) is 9.59 Å². The van der Waals surface area contributed by atoms with Crippen LogP contribution in [0.5, 0.6) is 0 Å². The summed E-state index contributed by atoms with van der Waals surface area (Å²) in [5.41, 5.74) is 3.92. The average molecular weight is 341 g/mol. The predicted molar refractivity (Wildman–Crippen MR) is 96.5 cm³/mol. The smallest absolute Gasteiger partial charge is 0.317 e. The lowest BCUT2D eigenvalue weighted by Crippen LogP contribution is -2.48. The van der Waals surface area contributed by atoms with Crippen LogP contribution in [0.2, 0.25) is 0 Å². The van der Waals surface area contributed by atoms with Crippen molar-refractivity contribution in [3.05, 3.63) is 34.9 Å². The maximum atomic E-state index is 12.8. The Labute approximate surface area is 149 Å². The zero-order chi connectivity index (χ0) is 17.6. The molecular weight excluding hydrogens is 314 g/mol. The van der Waals surface area contributed by atoms with Crippen molar-refractivity contribution in [3.63, 3.8) is 0 Å². The molecule has 1 aromatic rings. The topological polar surface area (TPSA) is 52.7 Å². The monoisotopic (exact) mass is 341 g/mol. The van der Waals surface area contributed by atoms with Gasteiger partial charge in [0.25, 0.3) is 0 Å². The zero-order valence-electron chi connectivity index (χ0n) is 15.1. The van der Waals surface area contributed by atoms with Gasteiger partial charge in [-0.1, -0.05) is 18.2 Å². The van der Waals surface area contributed by atoms with Crippen LogP contribution in [0.1, 0.15) is 41.9 Å². The van der Waals surface area contributed by atoms with E-state index < -0.39 is 0 Å². The van der Waals surface area contributed by atoms with Gasteiger partial charge in [-0.2, -0.15) is 0 Å². The fourth-order valence-electron chi connectivity index (χ4n) is 4.30. The average Bonchev–Trinajstić information content (AvgIpc) is 3.31. The highest BCUT2D eigenvalue weighted by molar-refractivity contribution is 5.83. The highest BCUT2D eigenvalue weighted by Crippen LogP contribution is 2.49. The van der Waals surface area contributed by atoms with Crippen LogP contribution in [0, 0.1) is 19.8 Å². The number of carbonyl (C=O) groups is 2. The van der Waals surface area contributed by atoms with Crippen molar-refractivity contribution in [2.24, 2.45) is 5.92 Å². The van der Waals surface area contributed by atoms with Crippen molar-refractivity contribution in [2.45, 2.75) is 45.1 Å². The highest BCUT2D eigenvalue weighted by Gasteiger charge is 2.46. The Kier molecular flexibility index (Phi) is 4.18. The maximum absolute atomic E-state index is 12.8. The molecule has 2 aliphatic heterocycles. The molecule has 3 aliphatic rings. The van der Waals surface area contributed by atoms with Gasteiger partial charge in [0.2, 0.25) is 5.91 Å². The number of piperidine rings is 1. The van der Waals surface area contributed by atoms with Crippen molar-refractivity contribution in [2.75, 3.05) is 26.2 Å². The number of urea groups is 1. The van der Waals surface area contributed by atoms with Crippen molar-refractivity contribution in [3.8, 4) is 0 Å². The molecule has 134 valence electrons. The lowest BCUT2D eigenvalue weighted by Gasteiger charge is -2.36. The third-order valence-corrected chi connectivity index (χ3v) is 6.17. The Morgan fingerprint density at radius 3 is 2.52 bits per heavy atom. The van der Waals surface area contributed by atoms with Gasteiger partial charge >= 0.3 is 6.03 Å². The van der Waals surface area contributed by atoms with Gasteiger partial charge in [-0.15, -0.1) is 0 Å². The van der Waals surface area contributed by atoms with Crippen molar-refractivity contribution >= 4 is 11.9 Å². The third-order valence-electron chi connectivity index (χ3n) is 6.17. The Balaban J connectivity index is 1.32. The number of benzene rings is 1. The standard InChI is InChI=1S/C20H27N3O2/c1-13-3-4-15(11-14(13)2)17-12-18(17)19(24)22-8-5-16(6-9-22)23-10-7-21-20(23)25/h3-4,11,16-18H,5-10,12H2,1-2H3,(H,21,25)/t17-,18+/m1/s1. The van der Waals surface area contributed by atoms with E-state index in [1.807, 2.05) is 9.80 Å². The molecule has 0 spiro atoms. The third kappa shape index (κ3) is 3.12. The van der Waals surface area contributed by atoms with Crippen molar-refractivity contribution in [1.82, 2.24) is 15.1 Å². The molecule has 1 saturated carbocycles. The fraction of sp³-hybridized carbons (Fsp3) is 0.600. The molecule has 0 radical (unpaired) electrons. The minimum atomic E-state index is 0.0572. The second-order valence-electron chi connectivity index (χ2n) is 7.77. The molecule has 1 N–H and O–H groups in total. The first kappa shape index (κ1) is 16.4. The highest BCUT2D eigenvalue weighted by atomic mass is 16.2. The molecular formula is C20H27N3O2. The summed E-state index contributed by atoms with van der Waals surface area (Å²) >= 11 is 0. The number of carbonyl (C=O) groups excluding carboxylic acids is 2. The molecule has 3 fully saturated rings. The van der Waals surface area contributed by atoms with Crippen LogP contribution in [0.4, 0.5) is 4.79 Å². The van der Waals surface area contributed by atoms with Gasteiger partial charge in [-0.25, -0.2) is 4.79 Å². The van der Waals surface area contributed by atoms with Crippen LogP contribution in [0.3, 0.4) is 0 Å². The van der Waals surface area contributed by atoms with E-state index in [2.05, 4.69) is 37.4 Å². The molecule has 2 atom stereocenters.